The van der Waals surface area contributed by atoms with E-state index in [1.54, 1.807) is 0 Å². The molecule has 0 fully saturated rings. The van der Waals surface area contributed by atoms with E-state index < -0.39 is 11.6 Å². The van der Waals surface area contributed by atoms with Crippen LogP contribution in [0.25, 0.3) is 22.3 Å². The van der Waals surface area contributed by atoms with Crippen molar-refractivity contribution in [3.05, 3.63) is 48.0 Å². The SMILES string of the molecule is COc1cc(-c2nc(N)c3cc(F)ccc3n2)ccc1F. The topological polar surface area (TPSA) is 61.0 Å². The molecule has 0 spiro atoms. The minimum absolute atomic E-state index is 0.0916. The molecule has 0 aliphatic carbocycles. The molecule has 0 unspecified atom stereocenters. The predicted octanol–water partition coefficient (Wildman–Crippen LogP) is 3.17. The summed E-state index contributed by atoms with van der Waals surface area (Å²) >= 11 is 0. The second-order valence-electron chi connectivity index (χ2n) is 4.44. The third kappa shape index (κ3) is 2.35. The largest absolute Gasteiger partial charge is 0.494 e. The molecule has 0 aliphatic rings. The summed E-state index contributed by atoms with van der Waals surface area (Å²) < 4.78 is 31.6. The van der Waals surface area contributed by atoms with Crippen LogP contribution in [0.2, 0.25) is 0 Å². The lowest BCUT2D eigenvalue weighted by atomic mass is 10.1. The van der Waals surface area contributed by atoms with Crippen molar-refractivity contribution in [1.82, 2.24) is 9.97 Å². The van der Waals surface area contributed by atoms with Crippen LogP contribution in [0.1, 0.15) is 0 Å². The van der Waals surface area contributed by atoms with Crippen LogP contribution in [-0.4, -0.2) is 17.1 Å². The van der Waals surface area contributed by atoms with E-state index in [1.165, 1.54) is 43.5 Å². The zero-order valence-corrected chi connectivity index (χ0v) is 11.1. The number of hydrogen-bond donors (Lipinski definition) is 1. The average Bonchev–Trinajstić information content (AvgIpc) is 2.48. The van der Waals surface area contributed by atoms with Gasteiger partial charge in [0.1, 0.15) is 11.6 Å². The second-order valence-corrected chi connectivity index (χ2v) is 4.44. The lowest BCUT2D eigenvalue weighted by Crippen LogP contribution is -1.99. The van der Waals surface area contributed by atoms with E-state index in [0.29, 0.717) is 22.3 Å². The molecule has 4 nitrogen and oxygen atoms in total. The number of anilines is 1. The Bertz CT molecular complexity index is 837. The fraction of sp³-hybridized carbons (Fsp3) is 0.0667. The predicted molar refractivity (Wildman–Crippen MR) is 75.9 cm³/mol. The molecule has 6 heteroatoms. The van der Waals surface area contributed by atoms with Gasteiger partial charge < -0.3 is 10.5 Å². The van der Waals surface area contributed by atoms with Crippen molar-refractivity contribution in [2.75, 3.05) is 12.8 Å². The quantitative estimate of drug-likeness (QED) is 0.786. The van der Waals surface area contributed by atoms with Crippen LogP contribution in [0.15, 0.2) is 36.4 Å². The fourth-order valence-corrected chi connectivity index (χ4v) is 2.05. The zero-order valence-electron chi connectivity index (χ0n) is 11.1. The van der Waals surface area contributed by atoms with Crippen LogP contribution < -0.4 is 10.5 Å². The Morgan fingerprint density at radius 1 is 1.05 bits per heavy atom. The number of benzene rings is 2. The van der Waals surface area contributed by atoms with Crippen molar-refractivity contribution in [3.63, 3.8) is 0 Å². The highest BCUT2D eigenvalue weighted by Crippen LogP contribution is 2.27. The Morgan fingerprint density at radius 3 is 2.62 bits per heavy atom. The van der Waals surface area contributed by atoms with Gasteiger partial charge in [-0.25, -0.2) is 18.7 Å². The Balaban J connectivity index is 2.19. The molecule has 3 aromatic rings. The van der Waals surface area contributed by atoms with Crippen molar-refractivity contribution in [2.45, 2.75) is 0 Å². The van der Waals surface area contributed by atoms with Gasteiger partial charge in [0.2, 0.25) is 0 Å². The smallest absolute Gasteiger partial charge is 0.165 e. The van der Waals surface area contributed by atoms with Crippen LogP contribution >= 0.6 is 0 Å². The van der Waals surface area contributed by atoms with E-state index >= 15 is 0 Å². The van der Waals surface area contributed by atoms with Crippen molar-refractivity contribution in [3.8, 4) is 17.1 Å². The number of methoxy groups -OCH3 is 1. The Kier molecular flexibility index (Phi) is 3.13. The maximum Gasteiger partial charge on any atom is 0.165 e. The van der Waals surface area contributed by atoms with E-state index in [-0.39, 0.29) is 11.6 Å². The summed E-state index contributed by atoms with van der Waals surface area (Å²) in [6.45, 7) is 0. The van der Waals surface area contributed by atoms with Gasteiger partial charge in [-0.05, 0) is 36.4 Å². The lowest BCUT2D eigenvalue weighted by Gasteiger charge is -2.07. The van der Waals surface area contributed by atoms with Gasteiger partial charge in [0.25, 0.3) is 0 Å². The van der Waals surface area contributed by atoms with Crippen molar-refractivity contribution >= 4 is 16.7 Å². The van der Waals surface area contributed by atoms with Crippen molar-refractivity contribution in [1.29, 1.82) is 0 Å². The number of rotatable bonds is 2. The molecule has 2 N–H and O–H groups in total. The van der Waals surface area contributed by atoms with Crippen LogP contribution in [-0.2, 0) is 0 Å². The van der Waals surface area contributed by atoms with Gasteiger partial charge in [0.05, 0.1) is 12.6 Å². The van der Waals surface area contributed by atoms with E-state index in [9.17, 15) is 8.78 Å². The molecular formula is C15H11F2N3O. The monoisotopic (exact) mass is 287 g/mol. The first kappa shape index (κ1) is 13.2. The van der Waals surface area contributed by atoms with E-state index in [4.69, 9.17) is 10.5 Å². The summed E-state index contributed by atoms with van der Waals surface area (Å²) in [6, 6.07) is 8.38. The van der Waals surface area contributed by atoms with Gasteiger partial charge in [0, 0.05) is 10.9 Å². The Labute approximate surface area is 119 Å². The highest BCUT2D eigenvalue weighted by Gasteiger charge is 2.11. The number of nitrogen functional groups attached to an aromatic ring is 1. The molecule has 3 rings (SSSR count). The molecule has 0 saturated heterocycles. The minimum atomic E-state index is -0.475. The van der Waals surface area contributed by atoms with Gasteiger partial charge in [-0.15, -0.1) is 0 Å². The van der Waals surface area contributed by atoms with E-state index in [1.807, 2.05) is 0 Å². The first-order chi connectivity index (χ1) is 10.1. The highest BCUT2D eigenvalue weighted by atomic mass is 19.1. The molecule has 0 atom stereocenters. The summed E-state index contributed by atoms with van der Waals surface area (Å²) in [5.41, 5.74) is 6.92. The van der Waals surface area contributed by atoms with E-state index in [0.717, 1.165) is 0 Å². The molecule has 106 valence electrons. The molecule has 1 heterocycles. The molecule has 0 amide bonds. The highest BCUT2D eigenvalue weighted by molar-refractivity contribution is 5.89. The maximum absolute atomic E-state index is 13.4. The molecular weight excluding hydrogens is 276 g/mol. The van der Waals surface area contributed by atoms with Gasteiger partial charge in [0.15, 0.2) is 17.4 Å². The molecule has 1 aromatic heterocycles. The number of fused-ring (bicyclic) bond motifs is 1. The second kappa shape index (κ2) is 4.97. The van der Waals surface area contributed by atoms with Crippen LogP contribution in [0, 0.1) is 11.6 Å². The number of nitrogens with zero attached hydrogens (tertiary/aromatic N) is 2. The summed E-state index contributed by atoms with van der Waals surface area (Å²) in [7, 11) is 1.38. The summed E-state index contributed by atoms with van der Waals surface area (Å²) in [4.78, 5) is 8.46. The normalized spacial score (nSPS) is 10.8. The number of nitrogens with two attached hydrogens (primary N) is 1. The third-order valence-corrected chi connectivity index (χ3v) is 3.10. The first-order valence-corrected chi connectivity index (χ1v) is 6.15. The van der Waals surface area contributed by atoms with Gasteiger partial charge in [-0.1, -0.05) is 0 Å². The summed E-state index contributed by atoms with van der Waals surface area (Å²) in [6.07, 6.45) is 0. The molecule has 0 radical (unpaired) electrons. The lowest BCUT2D eigenvalue weighted by molar-refractivity contribution is 0.387. The number of ether oxygens (including phenoxy) is 1. The zero-order chi connectivity index (χ0) is 15.0. The summed E-state index contributed by atoms with van der Waals surface area (Å²) in [5.74, 6) is -0.303. The number of halogens is 2. The minimum Gasteiger partial charge on any atom is -0.494 e. The summed E-state index contributed by atoms with van der Waals surface area (Å²) in [5, 5.41) is 0.438. The molecule has 2 aromatic carbocycles. The molecule has 0 saturated carbocycles. The third-order valence-electron chi connectivity index (χ3n) is 3.10. The van der Waals surface area contributed by atoms with Crippen LogP contribution in [0.5, 0.6) is 5.75 Å². The van der Waals surface area contributed by atoms with Gasteiger partial charge >= 0.3 is 0 Å². The van der Waals surface area contributed by atoms with Crippen LogP contribution in [0.4, 0.5) is 14.6 Å². The number of hydrogen-bond acceptors (Lipinski definition) is 4. The Morgan fingerprint density at radius 2 is 1.86 bits per heavy atom. The maximum atomic E-state index is 13.4. The molecule has 21 heavy (non-hydrogen) atoms. The van der Waals surface area contributed by atoms with Gasteiger partial charge in [-0.3, -0.25) is 0 Å². The standard InChI is InChI=1S/C15H11F2N3O/c1-21-13-6-8(2-4-11(13)17)15-19-12-5-3-9(16)7-10(12)14(18)20-15/h2-7H,1H3,(H2,18,19,20). The molecule has 0 aliphatic heterocycles. The number of aromatic nitrogens is 2. The molecule has 0 bridgehead atoms. The van der Waals surface area contributed by atoms with Crippen molar-refractivity contribution < 1.29 is 13.5 Å². The Hall–Kier alpha value is -2.76. The van der Waals surface area contributed by atoms with Gasteiger partial charge in [-0.2, -0.15) is 0 Å². The van der Waals surface area contributed by atoms with Crippen LogP contribution in [0.3, 0.4) is 0 Å². The van der Waals surface area contributed by atoms with Crippen molar-refractivity contribution in [2.24, 2.45) is 0 Å². The fourth-order valence-electron chi connectivity index (χ4n) is 2.05. The first-order valence-electron chi connectivity index (χ1n) is 6.15. The average molecular weight is 287 g/mol. The van der Waals surface area contributed by atoms with E-state index in [2.05, 4.69) is 9.97 Å².